The van der Waals surface area contributed by atoms with E-state index < -0.39 is 0 Å². The van der Waals surface area contributed by atoms with Gasteiger partial charge in [0.25, 0.3) is 5.91 Å². The number of ether oxygens (including phenoxy) is 1. The smallest absolute Gasteiger partial charge is 0.276 e. The molecule has 1 fully saturated rings. The van der Waals surface area contributed by atoms with Crippen LogP contribution in [0.5, 0.6) is 0 Å². The van der Waals surface area contributed by atoms with Gasteiger partial charge in [-0.15, -0.1) is 0 Å². The normalized spacial score (nSPS) is 15.5. The average Bonchev–Trinajstić information content (AvgIpc) is 3.39. The van der Waals surface area contributed by atoms with Gasteiger partial charge >= 0.3 is 0 Å². The molecular weight excluding hydrogens is 400 g/mol. The maximum Gasteiger partial charge on any atom is 0.276 e. The molecule has 0 saturated carbocycles. The molecule has 152 valence electrons. The number of anilines is 1. The predicted octanol–water partition coefficient (Wildman–Crippen LogP) is 3.93. The summed E-state index contributed by atoms with van der Waals surface area (Å²) >= 11 is 6.24. The topological polar surface area (TPSA) is 69.0 Å². The third-order valence-electron chi connectivity index (χ3n) is 4.90. The lowest BCUT2D eigenvalue weighted by atomic mass is 10.1. The van der Waals surface area contributed by atoms with Crippen molar-refractivity contribution in [3.8, 4) is 11.8 Å². The van der Waals surface area contributed by atoms with Crippen LogP contribution in [0.25, 0.3) is 0 Å². The molecule has 2 aromatic heterocycles. The second-order valence-electron chi connectivity index (χ2n) is 7.21. The Labute approximate surface area is 180 Å². The summed E-state index contributed by atoms with van der Waals surface area (Å²) in [5.74, 6) is 6.66. The molecule has 1 amide bonds. The molecule has 1 N–H and O–H groups in total. The molecule has 0 radical (unpaired) electrons. The lowest BCUT2D eigenvalue weighted by Crippen LogP contribution is -2.22. The minimum Gasteiger partial charge on any atom is -0.381 e. The second kappa shape index (κ2) is 9.12. The number of pyridine rings is 1. The molecule has 0 bridgehead atoms. The molecule has 0 aliphatic carbocycles. The van der Waals surface area contributed by atoms with Crippen LogP contribution in [-0.4, -0.2) is 33.9 Å². The molecule has 1 aliphatic rings. The van der Waals surface area contributed by atoms with Crippen LogP contribution >= 0.6 is 11.6 Å². The Morgan fingerprint density at radius 3 is 2.80 bits per heavy atom. The summed E-state index contributed by atoms with van der Waals surface area (Å²) in [6.07, 6.45) is 4.09. The van der Waals surface area contributed by atoms with Crippen LogP contribution in [0.3, 0.4) is 0 Å². The van der Waals surface area contributed by atoms with Crippen LogP contribution in [-0.2, 0) is 11.3 Å². The molecule has 1 atom stereocenters. The zero-order valence-corrected chi connectivity index (χ0v) is 17.3. The van der Waals surface area contributed by atoms with Crippen LogP contribution in [0.15, 0.2) is 48.8 Å². The number of carbonyl (C=O) groups excluding carboxylic acids is 1. The molecule has 1 unspecified atom stereocenters. The molecular formula is C23H21ClN4O2. The van der Waals surface area contributed by atoms with Crippen LogP contribution in [0.1, 0.15) is 33.6 Å². The molecule has 6 nitrogen and oxygen atoms in total. The van der Waals surface area contributed by atoms with Crippen LogP contribution in [0.4, 0.5) is 5.82 Å². The summed E-state index contributed by atoms with van der Waals surface area (Å²) in [6.45, 7) is 3.88. The highest BCUT2D eigenvalue weighted by Crippen LogP contribution is 2.22. The highest BCUT2D eigenvalue weighted by Gasteiger charge is 2.23. The van der Waals surface area contributed by atoms with Gasteiger partial charge in [0.1, 0.15) is 11.5 Å². The number of benzene rings is 1. The van der Waals surface area contributed by atoms with Crippen molar-refractivity contribution in [2.45, 2.75) is 19.9 Å². The first-order chi connectivity index (χ1) is 14.6. The number of carbonyl (C=O) groups is 1. The SMILES string of the molecule is Cc1cc(C#Cc2ccccc2)cnc1NC(=O)c1c(Cl)cnn1CC1CCOC1. The first kappa shape index (κ1) is 20.1. The van der Waals surface area contributed by atoms with Crippen molar-refractivity contribution < 1.29 is 9.53 Å². The van der Waals surface area contributed by atoms with Crippen molar-refractivity contribution in [2.75, 3.05) is 18.5 Å². The van der Waals surface area contributed by atoms with E-state index in [1.54, 1.807) is 10.9 Å². The highest BCUT2D eigenvalue weighted by atomic mass is 35.5. The van der Waals surface area contributed by atoms with Crippen molar-refractivity contribution in [1.82, 2.24) is 14.8 Å². The van der Waals surface area contributed by atoms with E-state index >= 15 is 0 Å². The maximum absolute atomic E-state index is 12.9. The van der Waals surface area contributed by atoms with E-state index in [0.29, 0.717) is 35.6 Å². The molecule has 7 heteroatoms. The fraction of sp³-hybridized carbons (Fsp3) is 0.261. The Morgan fingerprint density at radius 1 is 1.27 bits per heavy atom. The van der Waals surface area contributed by atoms with Crippen molar-refractivity contribution in [3.63, 3.8) is 0 Å². The van der Waals surface area contributed by atoms with Gasteiger partial charge in [-0.2, -0.15) is 5.10 Å². The van der Waals surface area contributed by atoms with E-state index in [1.165, 1.54) is 6.20 Å². The fourth-order valence-corrected chi connectivity index (χ4v) is 3.53. The summed E-state index contributed by atoms with van der Waals surface area (Å²) in [5.41, 5.74) is 2.86. The van der Waals surface area contributed by atoms with Crippen LogP contribution in [0, 0.1) is 24.7 Å². The predicted molar refractivity (Wildman–Crippen MR) is 116 cm³/mol. The Balaban J connectivity index is 1.49. The monoisotopic (exact) mass is 420 g/mol. The van der Waals surface area contributed by atoms with E-state index in [0.717, 1.165) is 29.7 Å². The van der Waals surface area contributed by atoms with Gasteiger partial charge in [0, 0.05) is 36.4 Å². The van der Waals surface area contributed by atoms with E-state index in [-0.39, 0.29) is 5.91 Å². The lowest BCUT2D eigenvalue weighted by molar-refractivity contribution is 0.101. The molecule has 1 aliphatic heterocycles. The second-order valence-corrected chi connectivity index (χ2v) is 7.62. The molecule has 1 aromatic carbocycles. The highest BCUT2D eigenvalue weighted by molar-refractivity contribution is 6.34. The number of amides is 1. The van der Waals surface area contributed by atoms with Gasteiger partial charge in [0.15, 0.2) is 0 Å². The van der Waals surface area contributed by atoms with Gasteiger partial charge in [-0.25, -0.2) is 4.98 Å². The average molecular weight is 421 g/mol. The van der Waals surface area contributed by atoms with Gasteiger partial charge in [-0.05, 0) is 37.1 Å². The number of aromatic nitrogens is 3. The minimum atomic E-state index is -0.338. The molecule has 3 heterocycles. The van der Waals surface area contributed by atoms with Gasteiger partial charge in [-0.3, -0.25) is 9.48 Å². The minimum absolute atomic E-state index is 0.314. The van der Waals surface area contributed by atoms with Crippen molar-refractivity contribution in [3.05, 3.63) is 76.2 Å². The van der Waals surface area contributed by atoms with Gasteiger partial charge in [0.2, 0.25) is 0 Å². The van der Waals surface area contributed by atoms with Crippen molar-refractivity contribution in [1.29, 1.82) is 0 Å². The summed E-state index contributed by atoms with van der Waals surface area (Å²) < 4.78 is 7.06. The van der Waals surface area contributed by atoms with E-state index in [9.17, 15) is 4.79 Å². The number of hydrogen-bond acceptors (Lipinski definition) is 4. The summed E-state index contributed by atoms with van der Waals surface area (Å²) in [5, 5.41) is 7.42. The summed E-state index contributed by atoms with van der Waals surface area (Å²) in [4.78, 5) is 17.3. The van der Waals surface area contributed by atoms with E-state index in [2.05, 4.69) is 27.2 Å². The Morgan fingerprint density at radius 2 is 2.07 bits per heavy atom. The fourth-order valence-electron chi connectivity index (χ4n) is 3.31. The molecule has 30 heavy (non-hydrogen) atoms. The first-order valence-electron chi connectivity index (χ1n) is 9.74. The van der Waals surface area contributed by atoms with Crippen LogP contribution in [0.2, 0.25) is 5.02 Å². The van der Waals surface area contributed by atoms with E-state index in [1.807, 2.05) is 43.3 Å². The molecule has 0 spiro atoms. The van der Waals surface area contributed by atoms with Gasteiger partial charge < -0.3 is 10.1 Å². The number of nitrogens with zero attached hydrogens (tertiary/aromatic N) is 3. The zero-order valence-electron chi connectivity index (χ0n) is 16.6. The van der Waals surface area contributed by atoms with Crippen LogP contribution < -0.4 is 5.32 Å². The Kier molecular flexibility index (Phi) is 6.12. The standard InChI is InChI=1S/C23H21ClN4O2/c1-16-11-18(8-7-17-5-3-2-4-6-17)12-25-22(16)27-23(29)21-20(24)13-26-28(21)14-19-9-10-30-15-19/h2-6,11-13,19H,9-10,14-15H2,1H3,(H,25,27,29). The number of aryl methyl sites for hydroxylation is 1. The molecule has 3 aromatic rings. The first-order valence-corrected chi connectivity index (χ1v) is 10.1. The molecule has 1 saturated heterocycles. The summed E-state index contributed by atoms with van der Waals surface area (Å²) in [7, 11) is 0. The number of rotatable bonds is 4. The molecule has 4 rings (SSSR count). The Bertz CT molecular complexity index is 1110. The van der Waals surface area contributed by atoms with Crippen molar-refractivity contribution >= 4 is 23.3 Å². The summed E-state index contributed by atoms with van der Waals surface area (Å²) in [6, 6.07) is 11.6. The van der Waals surface area contributed by atoms with Crippen molar-refractivity contribution in [2.24, 2.45) is 5.92 Å². The third kappa shape index (κ3) is 4.70. The number of nitrogens with one attached hydrogen (secondary N) is 1. The quantitative estimate of drug-likeness (QED) is 0.649. The maximum atomic E-state index is 12.9. The van der Waals surface area contributed by atoms with Gasteiger partial charge in [0.05, 0.1) is 17.8 Å². The number of hydrogen-bond donors (Lipinski definition) is 1. The zero-order chi connectivity index (χ0) is 20.9. The van der Waals surface area contributed by atoms with Gasteiger partial charge in [-0.1, -0.05) is 41.6 Å². The van der Waals surface area contributed by atoms with E-state index in [4.69, 9.17) is 16.3 Å². The Hall–Kier alpha value is -3.14. The largest absolute Gasteiger partial charge is 0.381 e. The number of halogens is 1. The lowest BCUT2D eigenvalue weighted by Gasteiger charge is -2.12. The third-order valence-corrected chi connectivity index (χ3v) is 5.18.